The summed E-state index contributed by atoms with van der Waals surface area (Å²) in [5.41, 5.74) is 3.52. The van der Waals surface area contributed by atoms with Crippen molar-refractivity contribution in [3.8, 4) is 28.9 Å². The number of benzene rings is 2. The molecule has 1 aliphatic rings. The number of aliphatic hydroxyl groups excluding tert-OH is 1. The second kappa shape index (κ2) is 11.9. The molecule has 0 aliphatic carbocycles. The molecule has 8 heteroatoms. The van der Waals surface area contributed by atoms with Gasteiger partial charge in [0.05, 0.1) is 19.8 Å². The van der Waals surface area contributed by atoms with Crippen LogP contribution >= 0.6 is 0 Å². The van der Waals surface area contributed by atoms with Crippen molar-refractivity contribution >= 4 is 0 Å². The Morgan fingerprint density at radius 2 is 1.73 bits per heavy atom. The number of hydrogen-bond donors (Lipinski definition) is 1. The fourth-order valence-electron chi connectivity index (χ4n) is 4.13. The van der Waals surface area contributed by atoms with Crippen LogP contribution in [-0.4, -0.2) is 64.2 Å². The Morgan fingerprint density at radius 1 is 1.03 bits per heavy atom. The maximum atomic E-state index is 9.83. The standard InChI is InChI=1S/C29H30N4O4/c1-22(34)29-30-12-13-33(29)21-26-20-28(37-31-26)25-8-4-23(5-9-25)2-3-24-6-10-27(11-7-24)36-19-16-32-14-17-35-18-15-32/h4-13,20,22,34H,14-19,21H2,1H3. The molecular formula is C29H30N4O4. The molecule has 1 N–H and O–H groups in total. The van der Waals surface area contributed by atoms with E-state index >= 15 is 0 Å². The Bertz CT molecular complexity index is 1340. The van der Waals surface area contributed by atoms with Gasteiger partial charge >= 0.3 is 0 Å². The topological polar surface area (TPSA) is 85.8 Å². The third-order valence-corrected chi connectivity index (χ3v) is 6.17. The number of imidazole rings is 1. The smallest absolute Gasteiger partial charge is 0.167 e. The molecule has 3 heterocycles. The molecule has 1 unspecified atom stereocenters. The minimum atomic E-state index is -0.646. The van der Waals surface area contributed by atoms with E-state index in [2.05, 4.69) is 26.9 Å². The van der Waals surface area contributed by atoms with Crippen LogP contribution in [0.15, 0.2) is 71.5 Å². The van der Waals surface area contributed by atoms with Crippen LogP contribution < -0.4 is 4.74 Å². The van der Waals surface area contributed by atoms with E-state index in [1.165, 1.54) is 0 Å². The lowest BCUT2D eigenvalue weighted by Crippen LogP contribution is -2.38. The van der Waals surface area contributed by atoms with Gasteiger partial charge in [0.2, 0.25) is 0 Å². The van der Waals surface area contributed by atoms with E-state index < -0.39 is 6.10 Å². The molecule has 0 bridgehead atoms. The van der Waals surface area contributed by atoms with Gasteiger partial charge in [-0.15, -0.1) is 0 Å². The van der Waals surface area contributed by atoms with E-state index in [1.54, 1.807) is 13.1 Å². The Morgan fingerprint density at radius 3 is 2.43 bits per heavy atom. The number of morpholine rings is 1. The van der Waals surface area contributed by atoms with Crippen LogP contribution in [-0.2, 0) is 11.3 Å². The lowest BCUT2D eigenvalue weighted by molar-refractivity contribution is 0.0322. The highest BCUT2D eigenvalue weighted by molar-refractivity contribution is 5.59. The molecule has 8 nitrogen and oxygen atoms in total. The van der Waals surface area contributed by atoms with Crippen molar-refractivity contribution in [3.63, 3.8) is 0 Å². The van der Waals surface area contributed by atoms with Crippen LogP contribution in [0.5, 0.6) is 5.75 Å². The minimum Gasteiger partial charge on any atom is -0.492 e. The highest BCUT2D eigenvalue weighted by atomic mass is 16.5. The van der Waals surface area contributed by atoms with Gasteiger partial charge in [-0.1, -0.05) is 17.0 Å². The van der Waals surface area contributed by atoms with Gasteiger partial charge in [-0.3, -0.25) is 4.90 Å². The molecule has 4 aromatic rings. The zero-order chi connectivity index (χ0) is 25.5. The molecular weight excluding hydrogens is 468 g/mol. The van der Waals surface area contributed by atoms with Gasteiger partial charge in [-0.05, 0) is 55.5 Å². The number of rotatable bonds is 8. The van der Waals surface area contributed by atoms with Crippen LogP contribution in [0.3, 0.4) is 0 Å². The number of aromatic nitrogens is 3. The van der Waals surface area contributed by atoms with Crippen LogP contribution in [0, 0.1) is 11.8 Å². The van der Waals surface area contributed by atoms with Crippen LogP contribution in [0.25, 0.3) is 11.3 Å². The van der Waals surface area contributed by atoms with E-state index in [4.69, 9.17) is 14.0 Å². The molecule has 1 atom stereocenters. The Hall–Kier alpha value is -3.90. The van der Waals surface area contributed by atoms with Crippen molar-refractivity contribution in [2.75, 3.05) is 39.5 Å². The van der Waals surface area contributed by atoms with Crippen molar-refractivity contribution < 1.29 is 19.1 Å². The Balaban J connectivity index is 1.14. The fraction of sp³-hybridized carbons (Fsp3) is 0.310. The molecule has 1 saturated heterocycles. The number of ether oxygens (including phenoxy) is 2. The highest BCUT2D eigenvalue weighted by Crippen LogP contribution is 2.22. The monoisotopic (exact) mass is 498 g/mol. The largest absolute Gasteiger partial charge is 0.492 e. The summed E-state index contributed by atoms with van der Waals surface area (Å²) in [5, 5.41) is 14.0. The van der Waals surface area contributed by atoms with Gasteiger partial charge in [0.15, 0.2) is 5.76 Å². The summed E-state index contributed by atoms with van der Waals surface area (Å²) in [5.74, 6) is 8.54. The zero-order valence-corrected chi connectivity index (χ0v) is 20.8. The molecule has 37 heavy (non-hydrogen) atoms. The van der Waals surface area contributed by atoms with Crippen LogP contribution in [0.4, 0.5) is 0 Å². The lowest BCUT2D eigenvalue weighted by Gasteiger charge is -2.26. The van der Waals surface area contributed by atoms with E-state index in [0.717, 1.165) is 61.0 Å². The summed E-state index contributed by atoms with van der Waals surface area (Å²) in [7, 11) is 0. The number of hydrogen-bond acceptors (Lipinski definition) is 7. The zero-order valence-electron chi connectivity index (χ0n) is 20.8. The Kier molecular flexibility index (Phi) is 7.96. The van der Waals surface area contributed by atoms with Crippen molar-refractivity contribution in [2.24, 2.45) is 0 Å². The summed E-state index contributed by atoms with van der Waals surface area (Å²) >= 11 is 0. The molecule has 1 fully saturated rings. The first kappa shape index (κ1) is 24.8. The summed E-state index contributed by atoms with van der Waals surface area (Å²) in [6.07, 6.45) is 2.84. The maximum absolute atomic E-state index is 9.83. The number of aliphatic hydroxyl groups is 1. The third kappa shape index (κ3) is 6.66. The van der Waals surface area contributed by atoms with Crippen molar-refractivity contribution in [1.82, 2.24) is 19.6 Å². The normalized spacial score (nSPS) is 14.6. The molecule has 2 aromatic heterocycles. The van der Waals surface area contributed by atoms with Crippen molar-refractivity contribution in [2.45, 2.75) is 19.6 Å². The summed E-state index contributed by atoms with van der Waals surface area (Å²) in [6, 6.07) is 17.6. The minimum absolute atomic E-state index is 0.477. The SMILES string of the molecule is CC(O)c1nccn1Cc1cc(-c2ccc(C#Cc3ccc(OCCN4CCOCC4)cc3)cc2)on1. The molecule has 190 valence electrons. The van der Waals surface area contributed by atoms with Crippen LogP contribution in [0.1, 0.15) is 35.7 Å². The molecule has 1 aliphatic heterocycles. The predicted octanol–water partition coefficient (Wildman–Crippen LogP) is 3.75. The first-order valence-electron chi connectivity index (χ1n) is 12.4. The van der Waals surface area contributed by atoms with Gasteiger partial charge in [-0.2, -0.15) is 0 Å². The van der Waals surface area contributed by atoms with Crippen molar-refractivity contribution in [1.29, 1.82) is 0 Å². The van der Waals surface area contributed by atoms with E-state index in [9.17, 15) is 5.11 Å². The molecule has 2 aromatic carbocycles. The third-order valence-electron chi connectivity index (χ3n) is 6.17. The second-order valence-electron chi connectivity index (χ2n) is 8.93. The first-order valence-corrected chi connectivity index (χ1v) is 12.4. The summed E-state index contributed by atoms with van der Waals surface area (Å²) < 4.78 is 18.6. The summed E-state index contributed by atoms with van der Waals surface area (Å²) in [4.78, 5) is 6.54. The second-order valence-corrected chi connectivity index (χ2v) is 8.93. The molecule has 0 radical (unpaired) electrons. The average Bonchev–Trinajstić information content (AvgIpc) is 3.59. The van der Waals surface area contributed by atoms with Gasteiger partial charge in [-0.25, -0.2) is 4.98 Å². The lowest BCUT2D eigenvalue weighted by atomic mass is 10.1. The van der Waals surface area contributed by atoms with Gasteiger partial charge in [0, 0.05) is 54.8 Å². The highest BCUT2D eigenvalue weighted by Gasteiger charge is 2.12. The molecule has 0 saturated carbocycles. The Labute approximate surface area is 216 Å². The average molecular weight is 499 g/mol. The van der Waals surface area contributed by atoms with Crippen molar-refractivity contribution in [3.05, 3.63) is 89.6 Å². The predicted molar refractivity (Wildman–Crippen MR) is 139 cm³/mol. The molecule has 0 spiro atoms. The number of nitrogens with zero attached hydrogens (tertiary/aromatic N) is 4. The quantitative estimate of drug-likeness (QED) is 0.370. The van der Waals surface area contributed by atoms with E-state index in [0.29, 0.717) is 24.7 Å². The first-order chi connectivity index (χ1) is 18.1. The van der Waals surface area contributed by atoms with E-state index in [-0.39, 0.29) is 0 Å². The molecule has 5 rings (SSSR count). The van der Waals surface area contributed by atoms with Gasteiger partial charge in [0.25, 0.3) is 0 Å². The summed E-state index contributed by atoms with van der Waals surface area (Å²) in [6.45, 7) is 7.28. The van der Waals surface area contributed by atoms with Gasteiger partial charge < -0.3 is 23.7 Å². The maximum Gasteiger partial charge on any atom is 0.167 e. The fourth-order valence-corrected chi connectivity index (χ4v) is 4.13. The van der Waals surface area contributed by atoms with E-state index in [1.807, 2.05) is 65.4 Å². The molecule has 0 amide bonds. The van der Waals surface area contributed by atoms with Gasteiger partial charge in [0.1, 0.15) is 30.0 Å². The van der Waals surface area contributed by atoms with Crippen LogP contribution in [0.2, 0.25) is 0 Å².